The van der Waals surface area contributed by atoms with Gasteiger partial charge in [0.1, 0.15) is 0 Å². The zero-order valence-corrected chi connectivity index (χ0v) is 15.7. The third-order valence-corrected chi connectivity index (χ3v) is 6.26. The Morgan fingerprint density at radius 1 is 1.04 bits per heavy atom. The second-order valence-corrected chi connectivity index (χ2v) is 8.31. The molecule has 2 aromatic carbocycles. The van der Waals surface area contributed by atoms with Crippen molar-refractivity contribution in [3.05, 3.63) is 65.2 Å². The second kappa shape index (κ2) is 8.51. The molecule has 3 rings (SSSR count). The largest absolute Gasteiger partial charge is 0.399 e. The summed E-state index contributed by atoms with van der Waals surface area (Å²) >= 11 is 0. The fourth-order valence-corrected chi connectivity index (χ4v) is 4.46. The molecule has 1 fully saturated rings. The normalized spacial score (nSPS) is 15.4. The van der Waals surface area contributed by atoms with E-state index in [2.05, 4.69) is 5.32 Å². The summed E-state index contributed by atoms with van der Waals surface area (Å²) in [5, 5.41) is 2.83. The van der Waals surface area contributed by atoms with Crippen LogP contribution in [0.15, 0.2) is 48.5 Å². The Kier molecular flexibility index (Phi) is 6.10. The van der Waals surface area contributed by atoms with Crippen LogP contribution in [0, 0.1) is 0 Å². The lowest BCUT2D eigenvalue weighted by Crippen LogP contribution is -2.41. The quantitative estimate of drug-likeness (QED) is 0.727. The van der Waals surface area contributed by atoms with Gasteiger partial charge >= 0.3 is 0 Å². The molecule has 1 saturated heterocycles. The number of carbonyl (C=O) groups is 1. The maximum absolute atomic E-state index is 12.7. The standard InChI is InChI=1S/C19H23N3O4S/c20-18-7-5-15(6-8-18)19(23)21-13-16-3-1-2-4-17(16)14-27(24,25)22-9-11-26-12-10-22/h1-8H,9-14,20H2,(H,21,23). The van der Waals surface area contributed by atoms with Crippen LogP contribution in [-0.2, 0) is 27.1 Å². The van der Waals surface area contributed by atoms with E-state index in [1.807, 2.05) is 12.1 Å². The summed E-state index contributed by atoms with van der Waals surface area (Å²) in [4.78, 5) is 12.3. The number of nitrogen functional groups attached to an aromatic ring is 1. The maximum atomic E-state index is 12.7. The molecule has 8 heteroatoms. The summed E-state index contributed by atoms with van der Waals surface area (Å²) in [6.45, 7) is 1.83. The summed E-state index contributed by atoms with van der Waals surface area (Å²) in [7, 11) is -3.43. The monoisotopic (exact) mass is 389 g/mol. The predicted octanol–water partition coefficient (Wildman–Crippen LogP) is 1.36. The zero-order valence-electron chi connectivity index (χ0n) is 14.9. The van der Waals surface area contributed by atoms with Crippen molar-refractivity contribution in [3.8, 4) is 0 Å². The van der Waals surface area contributed by atoms with Crippen molar-refractivity contribution in [3.63, 3.8) is 0 Å². The van der Waals surface area contributed by atoms with E-state index in [0.29, 0.717) is 43.1 Å². The van der Waals surface area contributed by atoms with Gasteiger partial charge in [0.25, 0.3) is 5.91 Å². The first-order chi connectivity index (χ1) is 13.0. The van der Waals surface area contributed by atoms with E-state index in [0.717, 1.165) is 5.56 Å². The van der Waals surface area contributed by atoms with Crippen LogP contribution in [0.2, 0.25) is 0 Å². The van der Waals surface area contributed by atoms with E-state index in [-0.39, 0.29) is 18.2 Å². The minimum absolute atomic E-state index is 0.0963. The number of amides is 1. The molecule has 27 heavy (non-hydrogen) atoms. The third-order valence-electron chi connectivity index (χ3n) is 4.43. The van der Waals surface area contributed by atoms with Crippen LogP contribution < -0.4 is 11.1 Å². The van der Waals surface area contributed by atoms with Gasteiger partial charge in [0.15, 0.2) is 0 Å². The average Bonchev–Trinajstić information content (AvgIpc) is 2.68. The van der Waals surface area contributed by atoms with Gasteiger partial charge in [-0.2, -0.15) is 4.31 Å². The predicted molar refractivity (Wildman–Crippen MR) is 103 cm³/mol. The average molecular weight is 389 g/mol. The van der Waals surface area contributed by atoms with Crippen LogP contribution in [0.1, 0.15) is 21.5 Å². The highest BCUT2D eigenvalue weighted by molar-refractivity contribution is 7.88. The van der Waals surface area contributed by atoms with Gasteiger partial charge in [-0.3, -0.25) is 4.79 Å². The minimum Gasteiger partial charge on any atom is -0.399 e. The second-order valence-electron chi connectivity index (χ2n) is 6.34. The van der Waals surface area contributed by atoms with Crippen molar-refractivity contribution >= 4 is 21.6 Å². The Bertz CT molecular complexity index is 891. The molecule has 2 aromatic rings. The van der Waals surface area contributed by atoms with Crippen LogP contribution in [-0.4, -0.2) is 44.9 Å². The number of benzene rings is 2. The zero-order chi connectivity index (χ0) is 19.3. The highest BCUT2D eigenvalue weighted by Crippen LogP contribution is 2.17. The molecule has 0 aliphatic carbocycles. The number of nitrogens with two attached hydrogens (primary N) is 1. The Labute approximate surface area is 159 Å². The molecule has 0 unspecified atom stereocenters. The number of hydrogen-bond donors (Lipinski definition) is 2. The summed E-state index contributed by atoms with van der Waals surface area (Å²) < 4.78 is 32.0. The summed E-state index contributed by atoms with van der Waals surface area (Å²) in [5.74, 6) is -0.332. The van der Waals surface area contributed by atoms with Crippen LogP contribution in [0.5, 0.6) is 0 Å². The van der Waals surface area contributed by atoms with E-state index in [1.54, 1.807) is 36.4 Å². The van der Waals surface area contributed by atoms with E-state index in [1.165, 1.54) is 4.31 Å². The highest BCUT2D eigenvalue weighted by Gasteiger charge is 2.25. The van der Waals surface area contributed by atoms with Gasteiger partial charge in [0.05, 0.1) is 19.0 Å². The number of ether oxygens (including phenoxy) is 1. The molecule has 1 aliphatic heterocycles. The van der Waals surface area contributed by atoms with Crippen molar-refractivity contribution in [1.82, 2.24) is 9.62 Å². The number of sulfonamides is 1. The summed E-state index contributed by atoms with van der Waals surface area (Å²) in [6.07, 6.45) is 0. The van der Waals surface area contributed by atoms with Crippen LogP contribution in [0.3, 0.4) is 0 Å². The number of nitrogens with zero attached hydrogens (tertiary/aromatic N) is 1. The van der Waals surface area contributed by atoms with E-state index >= 15 is 0 Å². The molecule has 1 aliphatic rings. The van der Waals surface area contributed by atoms with Gasteiger partial charge < -0.3 is 15.8 Å². The fourth-order valence-electron chi connectivity index (χ4n) is 2.90. The Morgan fingerprint density at radius 2 is 1.67 bits per heavy atom. The maximum Gasteiger partial charge on any atom is 0.251 e. The fraction of sp³-hybridized carbons (Fsp3) is 0.316. The van der Waals surface area contributed by atoms with Gasteiger partial charge in [0, 0.05) is 30.9 Å². The highest BCUT2D eigenvalue weighted by atomic mass is 32.2. The summed E-state index contributed by atoms with van der Waals surface area (Å²) in [6, 6.07) is 13.9. The van der Waals surface area contributed by atoms with Crippen LogP contribution in [0.25, 0.3) is 0 Å². The van der Waals surface area contributed by atoms with Crippen molar-refractivity contribution in [1.29, 1.82) is 0 Å². The van der Waals surface area contributed by atoms with Crippen molar-refractivity contribution < 1.29 is 17.9 Å². The third kappa shape index (κ3) is 5.06. The van der Waals surface area contributed by atoms with E-state index in [9.17, 15) is 13.2 Å². The van der Waals surface area contributed by atoms with Crippen LogP contribution >= 0.6 is 0 Å². The van der Waals surface area contributed by atoms with E-state index < -0.39 is 10.0 Å². The lowest BCUT2D eigenvalue weighted by molar-refractivity contribution is 0.0729. The van der Waals surface area contributed by atoms with Crippen molar-refractivity contribution in [2.24, 2.45) is 0 Å². The molecule has 1 amide bonds. The van der Waals surface area contributed by atoms with E-state index in [4.69, 9.17) is 10.5 Å². The smallest absolute Gasteiger partial charge is 0.251 e. The number of carbonyl (C=O) groups excluding carboxylic acids is 1. The lowest BCUT2D eigenvalue weighted by Gasteiger charge is -2.26. The molecular weight excluding hydrogens is 366 g/mol. The van der Waals surface area contributed by atoms with Gasteiger partial charge in [-0.15, -0.1) is 0 Å². The Hall–Kier alpha value is -2.42. The van der Waals surface area contributed by atoms with Gasteiger partial charge in [0.2, 0.25) is 10.0 Å². The molecule has 0 spiro atoms. The molecule has 1 heterocycles. The molecule has 0 radical (unpaired) electrons. The Balaban J connectivity index is 1.68. The molecule has 0 bridgehead atoms. The molecular formula is C19H23N3O4S. The number of morpholine rings is 1. The topological polar surface area (TPSA) is 102 Å². The van der Waals surface area contributed by atoms with Crippen molar-refractivity contribution in [2.45, 2.75) is 12.3 Å². The van der Waals surface area contributed by atoms with Gasteiger partial charge in [-0.05, 0) is 35.4 Å². The molecule has 0 saturated carbocycles. The molecule has 0 aromatic heterocycles. The van der Waals surface area contributed by atoms with Crippen molar-refractivity contribution in [2.75, 3.05) is 32.0 Å². The van der Waals surface area contributed by atoms with Gasteiger partial charge in [-0.1, -0.05) is 24.3 Å². The lowest BCUT2D eigenvalue weighted by atomic mass is 10.1. The first-order valence-electron chi connectivity index (χ1n) is 8.72. The van der Waals surface area contributed by atoms with Gasteiger partial charge in [-0.25, -0.2) is 8.42 Å². The SMILES string of the molecule is Nc1ccc(C(=O)NCc2ccccc2CS(=O)(=O)N2CCOCC2)cc1. The Morgan fingerprint density at radius 3 is 2.33 bits per heavy atom. The molecule has 0 atom stereocenters. The molecule has 7 nitrogen and oxygen atoms in total. The minimum atomic E-state index is -3.43. The number of nitrogens with one attached hydrogen (secondary N) is 1. The summed E-state index contributed by atoms with van der Waals surface area (Å²) in [5.41, 5.74) is 8.18. The number of rotatable bonds is 6. The number of anilines is 1. The molecule has 144 valence electrons. The number of hydrogen-bond acceptors (Lipinski definition) is 5. The first kappa shape index (κ1) is 19.3. The first-order valence-corrected chi connectivity index (χ1v) is 10.3. The molecule has 3 N–H and O–H groups in total. The van der Waals surface area contributed by atoms with Crippen LogP contribution in [0.4, 0.5) is 5.69 Å².